The summed E-state index contributed by atoms with van der Waals surface area (Å²) in [6, 6.07) is 16.2. The van der Waals surface area contributed by atoms with Gasteiger partial charge in [0, 0.05) is 23.5 Å². The molecule has 0 aliphatic rings. The predicted octanol–water partition coefficient (Wildman–Crippen LogP) is 3.13. The summed E-state index contributed by atoms with van der Waals surface area (Å²) >= 11 is 0. The quantitative estimate of drug-likeness (QED) is 0.756. The molecule has 0 atom stereocenters. The van der Waals surface area contributed by atoms with Crippen molar-refractivity contribution in [2.24, 2.45) is 5.73 Å². The van der Waals surface area contributed by atoms with Gasteiger partial charge >= 0.3 is 0 Å². The summed E-state index contributed by atoms with van der Waals surface area (Å²) in [5.74, 6) is 0.123. The molecule has 0 aliphatic heterocycles. The van der Waals surface area contributed by atoms with Crippen molar-refractivity contribution >= 4 is 5.91 Å². The van der Waals surface area contributed by atoms with Gasteiger partial charge < -0.3 is 15.6 Å². The fourth-order valence-corrected chi connectivity index (χ4v) is 2.33. The standard InChI is InChI=1S/C19H16N2O3/c20-19(23)15-8-14(10-21-11-15)17-9-16(22)6-7-18(17)24-12-13-4-2-1-3-5-13/h1-11,22H,12H2,(H2,20,23). The number of carbonyl (C=O) groups excluding carboxylic acids is 1. The molecule has 0 spiro atoms. The van der Waals surface area contributed by atoms with E-state index in [2.05, 4.69) is 4.98 Å². The molecule has 5 nitrogen and oxygen atoms in total. The van der Waals surface area contributed by atoms with Crippen molar-refractivity contribution in [3.8, 4) is 22.6 Å². The third-order valence-corrected chi connectivity index (χ3v) is 3.53. The van der Waals surface area contributed by atoms with Gasteiger partial charge in [0.25, 0.3) is 0 Å². The maximum Gasteiger partial charge on any atom is 0.250 e. The van der Waals surface area contributed by atoms with Crippen molar-refractivity contribution in [1.82, 2.24) is 4.98 Å². The molecule has 3 N–H and O–H groups in total. The number of nitrogens with zero attached hydrogens (tertiary/aromatic N) is 1. The molecule has 5 heteroatoms. The van der Waals surface area contributed by atoms with Crippen molar-refractivity contribution in [2.45, 2.75) is 6.61 Å². The summed E-state index contributed by atoms with van der Waals surface area (Å²) in [4.78, 5) is 15.4. The Bertz CT molecular complexity index is 863. The largest absolute Gasteiger partial charge is 0.508 e. The van der Waals surface area contributed by atoms with Gasteiger partial charge in [-0.2, -0.15) is 0 Å². The Morgan fingerprint density at radius 1 is 1.08 bits per heavy atom. The number of rotatable bonds is 5. The van der Waals surface area contributed by atoms with E-state index in [-0.39, 0.29) is 5.75 Å². The van der Waals surface area contributed by atoms with Gasteiger partial charge in [0.05, 0.1) is 5.56 Å². The molecule has 2 aromatic carbocycles. The Morgan fingerprint density at radius 2 is 1.88 bits per heavy atom. The van der Waals surface area contributed by atoms with Crippen LogP contribution in [0.25, 0.3) is 11.1 Å². The SMILES string of the molecule is NC(=O)c1cncc(-c2cc(O)ccc2OCc2ccccc2)c1. The van der Waals surface area contributed by atoms with E-state index >= 15 is 0 Å². The molecule has 0 aliphatic carbocycles. The summed E-state index contributed by atoms with van der Waals surface area (Å²) in [7, 11) is 0. The number of pyridine rings is 1. The number of amides is 1. The molecule has 3 aromatic rings. The highest BCUT2D eigenvalue weighted by Gasteiger charge is 2.11. The van der Waals surface area contributed by atoms with Crippen molar-refractivity contribution in [2.75, 3.05) is 0 Å². The normalized spacial score (nSPS) is 10.3. The van der Waals surface area contributed by atoms with Crippen LogP contribution in [0.5, 0.6) is 11.5 Å². The van der Waals surface area contributed by atoms with Crippen LogP contribution in [0, 0.1) is 0 Å². The lowest BCUT2D eigenvalue weighted by atomic mass is 10.0. The highest BCUT2D eigenvalue weighted by Crippen LogP contribution is 2.33. The molecule has 120 valence electrons. The lowest BCUT2D eigenvalue weighted by molar-refractivity contribution is 0.1000. The minimum absolute atomic E-state index is 0.0986. The zero-order valence-electron chi connectivity index (χ0n) is 12.8. The van der Waals surface area contributed by atoms with Crippen LogP contribution in [0.15, 0.2) is 67.0 Å². The molecule has 1 heterocycles. The van der Waals surface area contributed by atoms with Gasteiger partial charge in [0.2, 0.25) is 5.91 Å². The van der Waals surface area contributed by atoms with Gasteiger partial charge in [-0.3, -0.25) is 9.78 Å². The number of aromatic nitrogens is 1. The molecule has 1 amide bonds. The van der Waals surface area contributed by atoms with Crippen molar-refractivity contribution in [1.29, 1.82) is 0 Å². The van der Waals surface area contributed by atoms with Crippen LogP contribution in [0.3, 0.4) is 0 Å². The van der Waals surface area contributed by atoms with Gasteiger partial charge in [-0.15, -0.1) is 0 Å². The second-order valence-electron chi connectivity index (χ2n) is 5.28. The summed E-state index contributed by atoms with van der Waals surface area (Å²) in [5, 5.41) is 9.79. The molecule has 0 saturated heterocycles. The summed E-state index contributed by atoms with van der Waals surface area (Å²) in [5.41, 5.74) is 7.91. The molecule has 0 unspecified atom stereocenters. The molecule has 3 rings (SSSR count). The zero-order valence-corrected chi connectivity index (χ0v) is 12.8. The topological polar surface area (TPSA) is 85.4 Å². The predicted molar refractivity (Wildman–Crippen MR) is 90.6 cm³/mol. The van der Waals surface area contributed by atoms with Crippen LogP contribution in [0.4, 0.5) is 0 Å². The fourth-order valence-electron chi connectivity index (χ4n) is 2.33. The highest BCUT2D eigenvalue weighted by atomic mass is 16.5. The first-order valence-electron chi connectivity index (χ1n) is 7.38. The van der Waals surface area contributed by atoms with Crippen LogP contribution in [-0.4, -0.2) is 16.0 Å². The van der Waals surface area contributed by atoms with Crippen molar-refractivity contribution < 1.29 is 14.6 Å². The molecule has 0 radical (unpaired) electrons. The van der Waals surface area contributed by atoms with Gasteiger partial charge in [0.1, 0.15) is 18.1 Å². The Labute approximate surface area is 139 Å². The van der Waals surface area contributed by atoms with E-state index in [1.807, 2.05) is 30.3 Å². The summed E-state index contributed by atoms with van der Waals surface area (Å²) in [6.07, 6.45) is 3.00. The van der Waals surface area contributed by atoms with Crippen LogP contribution < -0.4 is 10.5 Å². The lowest BCUT2D eigenvalue weighted by Crippen LogP contribution is -2.11. The van der Waals surface area contributed by atoms with Gasteiger partial charge in [-0.05, 0) is 29.8 Å². The molecule has 24 heavy (non-hydrogen) atoms. The number of hydrogen-bond acceptors (Lipinski definition) is 4. The minimum atomic E-state index is -0.559. The minimum Gasteiger partial charge on any atom is -0.508 e. The van der Waals surface area contributed by atoms with E-state index < -0.39 is 5.91 Å². The molecule has 0 bridgehead atoms. The Kier molecular flexibility index (Phi) is 4.43. The van der Waals surface area contributed by atoms with Crippen LogP contribution in [0.2, 0.25) is 0 Å². The number of benzene rings is 2. The highest BCUT2D eigenvalue weighted by molar-refractivity contribution is 5.93. The Morgan fingerprint density at radius 3 is 2.62 bits per heavy atom. The molecule has 0 saturated carbocycles. The first-order valence-corrected chi connectivity index (χ1v) is 7.38. The number of phenolic OH excluding ortho intramolecular Hbond substituents is 1. The smallest absolute Gasteiger partial charge is 0.250 e. The average molecular weight is 320 g/mol. The zero-order chi connectivity index (χ0) is 16.9. The molecule has 0 fully saturated rings. The Balaban J connectivity index is 1.94. The second kappa shape index (κ2) is 6.83. The van der Waals surface area contributed by atoms with E-state index in [1.54, 1.807) is 30.5 Å². The van der Waals surface area contributed by atoms with Gasteiger partial charge in [0.15, 0.2) is 0 Å². The van der Waals surface area contributed by atoms with Crippen LogP contribution >= 0.6 is 0 Å². The van der Waals surface area contributed by atoms with E-state index in [9.17, 15) is 9.90 Å². The average Bonchev–Trinajstić information content (AvgIpc) is 2.61. The third-order valence-electron chi connectivity index (χ3n) is 3.53. The Hall–Kier alpha value is -3.34. The maximum absolute atomic E-state index is 11.3. The number of hydrogen-bond donors (Lipinski definition) is 2. The first-order chi connectivity index (χ1) is 11.6. The fraction of sp³-hybridized carbons (Fsp3) is 0.0526. The summed E-state index contributed by atoms with van der Waals surface area (Å²) in [6.45, 7) is 0.390. The van der Waals surface area contributed by atoms with Gasteiger partial charge in [-0.1, -0.05) is 30.3 Å². The third kappa shape index (κ3) is 3.52. The first kappa shape index (κ1) is 15.6. The number of carbonyl (C=O) groups is 1. The van der Waals surface area contributed by atoms with Gasteiger partial charge in [-0.25, -0.2) is 0 Å². The number of nitrogens with two attached hydrogens (primary N) is 1. The number of phenols is 1. The second-order valence-corrected chi connectivity index (χ2v) is 5.28. The number of aromatic hydroxyl groups is 1. The van der Waals surface area contributed by atoms with Crippen molar-refractivity contribution in [3.63, 3.8) is 0 Å². The van der Waals surface area contributed by atoms with E-state index in [4.69, 9.17) is 10.5 Å². The van der Waals surface area contributed by atoms with E-state index in [0.29, 0.717) is 29.0 Å². The van der Waals surface area contributed by atoms with E-state index in [0.717, 1.165) is 5.56 Å². The van der Waals surface area contributed by atoms with E-state index in [1.165, 1.54) is 6.20 Å². The lowest BCUT2D eigenvalue weighted by Gasteiger charge is -2.12. The molecule has 1 aromatic heterocycles. The number of ether oxygens (including phenoxy) is 1. The molecular formula is C19H16N2O3. The van der Waals surface area contributed by atoms with Crippen LogP contribution in [-0.2, 0) is 6.61 Å². The summed E-state index contributed by atoms with van der Waals surface area (Å²) < 4.78 is 5.88. The molecular weight excluding hydrogens is 304 g/mol. The maximum atomic E-state index is 11.3. The number of primary amides is 1. The van der Waals surface area contributed by atoms with Crippen LogP contribution in [0.1, 0.15) is 15.9 Å². The van der Waals surface area contributed by atoms with Crippen molar-refractivity contribution in [3.05, 3.63) is 78.1 Å². The monoisotopic (exact) mass is 320 g/mol.